The lowest BCUT2D eigenvalue weighted by Crippen LogP contribution is -2.03. The van der Waals surface area contributed by atoms with E-state index in [1.807, 2.05) is 32.0 Å². The van der Waals surface area contributed by atoms with Gasteiger partial charge in [-0.25, -0.2) is 4.98 Å². The Morgan fingerprint density at radius 2 is 2.05 bits per heavy atom. The lowest BCUT2D eigenvalue weighted by Gasteiger charge is -2.10. The number of hydrogen-bond acceptors (Lipinski definition) is 4. The third-order valence-corrected chi connectivity index (χ3v) is 3.96. The van der Waals surface area contributed by atoms with Crippen LogP contribution in [0.15, 0.2) is 24.4 Å². The summed E-state index contributed by atoms with van der Waals surface area (Å²) >= 11 is 1.43. The Hall–Kier alpha value is -1.88. The van der Waals surface area contributed by atoms with Gasteiger partial charge in [0.05, 0.1) is 18.0 Å². The van der Waals surface area contributed by atoms with Crippen molar-refractivity contribution in [1.29, 1.82) is 0 Å². The van der Waals surface area contributed by atoms with Gasteiger partial charge >= 0.3 is 5.97 Å². The topological polar surface area (TPSA) is 59.4 Å². The quantitative estimate of drug-likeness (QED) is 0.888. The van der Waals surface area contributed by atoms with E-state index in [-0.39, 0.29) is 6.42 Å². The lowest BCUT2D eigenvalue weighted by molar-refractivity contribution is -0.136. The average molecular weight is 291 g/mol. The molecule has 0 aliphatic heterocycles. The average Bonchev–Trinajstić information content (AvgIpc) is 2.79. The molecule has 0 saturated heterocycles. The molecule has 0 aliphatic rings. The lowest BCUT2D eigenvalue weighted by atomic mass is 10.1. The highest BCUT2D eigenvalue weighted by Crippen LogP contribution is 2.22. The number of aromatic nitrogens is 1. The second-order valence-corrected chi connectivity index (χ2v) is 5.81. The third-order valence-electron chi connectivity index (χ3n) is 2.90. The van der Waals surface area contributed by atoms with Crippen molar-refractivity contribution in [2.75, 3.05) is 6.61 Å². The van der Waals surface area contributed by atoms with E-state index in [4.69, 9.17) is 9.84 Å². The number of thiazole rings is 1. The van der Waals surface area contributed by atoms with Gasteiger partial charge in [-0.1, -0.05) is 18.2 Å². The fraction of sp³-hybridized carbons (Fsp3) is 0.333. The van der Waals surface area contributed by atoms with Crippen molar-refractivity contribution in [1.82, 2.24) is 4.98 Å². The summed E-state index contributed by atoms with van der Waals surface area (Å²) in [6, 6.07) is 6.06. The van der Waals surface area contributed by atoms with Crippen LogP contribution in [0.25, 0.3) is 0 Å². The Labute approximate surface area is 122 Å². The first-order valence-corrected chi connectivity index (χ1v) is 7.22. The molecule has 20 heavy (non-hydrogen) atoms. The number of benzene rings is 1. The van der Waals surface area contributed by atoms with Gasteiger partial charge in [0, 0.05) is 17.5 Å². The minimum atomic E-state index is -0.827. The molecule has 4 nitrogen and oxygen atoms in total. The van der Waals surface area contributed by atoms with Crippen LogP contribution in [0.4, 0.5) is 0 Å². The van der Waals surface area contributed by atoms with Crippen LogP contribution in [0, 0.1) is 13.8 Å². The SMILES string of the molecule is Cc1cccc(C)c1OCCc1ncc(CC(=O)O)s1. The first-order valence-electron chi connectivity index (χ1n) is 6.40. The van der Waals surface area contributed by atoms with Gasteiger partial charge in [-0.3, -0.25) is 4.79 Å². The minimum Gasteiger partial charge on any atom is -0.493 e. The molecular formula is C15H17NO3S. The minimum absolute atomic E-state index is 0.0371. The van der Waals surface area contributed by atoms with E-state index in [2.05, 4.69) is 4.98 Å². The van der Waals surface area contributed by atoms with Crippen LogP contribution in [-0.2, 0) is 17.6 Å². The van der Waals surface area contributed by atoms with Gasteiger partial charge in [0.1, 0.15) is 5.75 Å². The van der Waals surface area contributed by atoms with Crippen LogP contribution in [0.1, 0.15) is 21.0 Å². The first kappa shape index (κ1) is 14.5. The summed E-state index contributed by atoms with van der Waals surface area (Å²) < 4.78 is 5.81. The number of para-hydroxylation sites is 1. The van der Waals surface area contributed by atoms with Gasteiger partial charge in [-0.05, 0) is 25.0 Å². The number of nitrogens with zero attached hydrogens (tertiary/aromatic N) is 1. The van der Waals surface area contributed by atoms with Crippen LogP contribution < -0.4 is 4.74 Å². The zero-order chi connectivity index (χ0) is 14.5. The van der Waals surface area contributed by atoms with Crippen LogP contribution in [-0.4, -0.2) is 22.7 Å². The Morgan fingerprint density at radius 1 is 1.35 bits per heavy atom. The van der Waals surface area contributed by atoms with Crippen molar-refractivity contribution >= 4 is 17.3 Å². The van der Waals surface area contributed by atoms with Crippen LogP contribution in [0.2, 0.25) is 0 Å². The molecule has 1 heterocycles. The van der Waals surface area contributed by atoms with Gasteiger partial charge in [-0.2, -0.15) is 0 Å². The predicted molar refractivity (Wildman–Crippen MR) is 78.6 cm³/mol. The fourth-order valence-electron chi connectivity index (χ4n) is 1.96. The molecule has 2 rings (SSSR count). The van der Waals surface area contributed by atoms with Gasteiger partial charge in [0.2, 0.25) is 0 Å². The number of ether oxygens (including phenoxy) is 1. The Balaban J connectivity index is 1.90. The van der Waals surface area contributed by atoms with E-state index >= 15 is 0 Å². The maximum atomic E-state index is 10.6. The van der Waals surface area contributed by atoms with Gasteiger partial charge in [0.15, 0.2) is 0 Å². The first-order chi connectivity index (χ1) is 9.56. The van der Waals surface area contributed by atoms with Crippen molar-refractivity contribution in [2.45, 2.75) is 26.7 Å². The van der Waals surface area contributed by atoms with Crippen molar-refractivity contribution in [3.05, 3.63) is 45.4 Å². The highest BCUT2D eigenvalue weighted by atomic mass is 32.1. The molecule has 2 aromatic rings. The summed E-state index contributed by atoms with van der Waals surface area (Å²) in [5, 5.41) is 9.63. The highest BCUT2D eigenvalue weighted by molar-refractivity contribution is 7.11. The maximum absolute atomic E-state index is 10.6. The predicted octanol–water partition coefficient (Wildman–Crippen LogP) is 3.01. The second kappa shape index (κ2) is 6.52. The molecule has 0 spiro atoms. The molecule has 0 saturated carbocycles. The van der Waals surface area contributed by atoms with E-state index < -0.39 is 5.97 Å². The van der Waals surface area contributed by atoms with E-state index in [1.165, 1.54) is 11.3 Å². The Bertz CT molecular complexity index is 587. The van der Waals surface area contributed by atoms with Crippen LogP contribution >= 0.6 is 11.3 Å². The summed E-state index contributed by atoms with van der Waals surface area (Å²) in [4.78, 5) is 15.6. The molecule has 0 amide bonds. The summed E-state index contributed by atoms with van der Waals surface area (Å²) in [6.07, 6.45) is 2.36. The number of carboxylic acids is 1. The number of hydrogen-bond donors (Lipinski definition) is 1. The molecule has 0 atom stereocenters. The summed E-state index contributed by atoms with van der Waals surface area (Å²) in [5.74, 6) is 0.0989. The second-order valence-electron chi connectivity index (χ2n) is 4.61. The zero-order valence-electron chi connectivity index (χ0n) is 11.5. The third kappa shape index (κ3) is 3.81. The molecule has 106 valence electrons. The van der Waals surface area contributed by atoms with Gasteiger partial charge < -0.3 is 9.84 Å². The van der Waals surface area contributed by atoms with E-state index in [9.17, 15) is 4.79 Å². The normalized spacial score (nSPS) is 10.5. The molecule has 1 aromatic heterocycles. The molecule has 0 radical (unpaired) electrons. The standard InChI is InChI=1S/C15H17NO3S/c1-10-4-3-5-11(2)15(10)19-7-6-13-16-9-12(20-13)8-14(17)18/h3-5,9H,6-8H2,1-2H3,(H,17,18). The van der Waals surface area contributed by atoms with Crippen molar-refractivity contribution in [3.8, 4) is 5.75 Å². The zero-order valence-corrected chi connectivity index (χ0v) is 12.4. The molecule has 1 aromatic carbocycles. The molecular weight excluding hydrogens is 274 g/mol. The Morgan fingerprint density at radius 3 is 2.70 bits per heavy atom. The molecule has 0 bridgehead atoms. The number of aliphatic carboxylic acids is 1. The van der Waals surface area contributed by atoms with Crippen molar-refractivity contribution in [2.24, 2.45) is 0 Å². The largest absolute Gasteiger partial charge is 0.493 e. The summed E-state index contributed by atoms with van der Waals surface area (Å²) in [7, 11) is 0. The van der Waals surface area contributed by atoms with Crippen molar-refractivity contribution < 1.29 is 14.6 Å². The summed E-state index contributed by atoms with van der Waals surface area (Å²) in [6.45, 7) is 4.60. The van der Waals surface area contributed by atoms with Gasteiger partial charge in [-0.15, -0.1) is 11.3 Å². The van der Waals surface area contributed by atoms with Crippen LogP contribution in [0.5, 0.6) is 5.75 Å². The maximum Gasteiger partial charge on any atom is 0.308 e. The van der Waals surface area contributed by atoms with Crippen LogP contribution in [0.3, 0.4) is 0 Å². The van der Waals surface area contributed by atoms with Gasteiger partial charge in [0.25, 0.3) is 0 Å². The van der Waals surface area contributed by atoms with E-state index in [0.717, 1.165) is 26.8 Å². The molecule has 5 heteroatoms. The highest BCUT2D eigenvalue weighted by Gasteiger charge is 2.07. The smallest absolute Gasteiger partial charge is 0.308 e. The number of carboxylic acid groups (broad SMARTS) is 1. The molecule has 1 N–H and O–H groups in total. The fourth-order valence-corrected chi connectivity index (χ4v) is 2.86. The number of aryl methyl sites for hydroxylation is 2. The van der Waals surface area contributed by atoms with E-state index in [1.54, 1.807) is 6.20 Å². The summed E-state index contributed by atoms with van der Waals surface area (Å²) in [5.41, 5.74) is 2.24. The van der Waals surface area contributed by atoms with E-state index in [0.29, 0.717) is 13.0 Å². The monoisotopic (exact) mass is 291 g/mol. The number of carbonyl (C=O) groups is 1. The van der Waals surface area contributed by atoms with Crippen molar-refractivity contribution in [3.63, 3.8) is 0 Å². The molecule has 0 aliphatic carbocycles. The molecule has 0 unspecified atom stereocenters. The Kier molecular flexibility index (Phi) is 4.74. The number of rotatable bonds is 6. The molecule has 0 fully saturated rings.